The fourth-order valence-electron chi connectivity index (χ4n) is 1.69. The molecule has 0 heterocycles. The van der Waals surface area contributed by atoms with Crippen LogP contribution in [0.4, 0.5) is 18.9 Å². The number of alkyl halides is 3. The lowest BCUT2D eigenvalue weighted by Crippen LogP contribution is -2.37. The number of methoxy groups -OCH3 is 1. The molecule has 0 aliphatic rings. The summed E-state index contributed by atoms with van der Waals surface area (Å²) < 4.78 is 65.9. The van der Waals surface area contributed by atoms with Gasteiger partial charge in [0.15, 0.2) is 0 Å². The number of hydrogen-bond donors (Lipinski definition) is 1. The van der Waals surface area contributed by atoms with E-state index in [1.807, 2.05) is 0 Å². The molecule has 0 aliphatic carbocycles. The zero-order valence-corrected chi connectivity index (χ0v) is 12.1. The first-order chi connectivity index (χ1) is 9.01. The van der Waals surface area contributed by atoms with E-state index in [0.717, 1.165) is 6.07 Å². The molecule has 0 saturated carbocycles. The number of hydrogen-bond acceptors (Lipinski definition) is 4. The van der Waals surface area contributed by atoms with Crippen molar-refractivity contribution in [3.63, 3.8) is 0 Å². The summed E-state index contributed by atoms with van der Waals surface area (Å²) in [7, 11) is -3.95. The van der Waals surface area contributed by atoms with Gasteiger partial charge in [-0.3, -0.25) is 0 Å². The Morgan fingerprint density at radius 2 is 1.75 bits per heavy atom. The maximum Gasteiger partial charge on any atom is 0.501 e. The predicted molar refractivity (Wildman–Crippen MR) is 69.3 cm³/mol. The SMILES string of the molecule is COCC(C)(C)Nc1ccccc1S(=O)(=O)C(F)(F)F. The van der Waals surface area contributed by atoms with Crippen LogP contribution in [0.2, 0.25) is 0 Å². The van der Waals surface area contributed by atoms with Crippen LogP contribution in [-0.2, 0) is 14.6 Å². The molecule has 0 radical (unpaired) electrons. The van der Waals surface area contributed by atoms with E-state index in [0.29, 0.717) is 0 Å². The Kier molecular flexibility index (Phi) is 4.70. The molecule has 114 valence electrons. The van der Waals surface area contributed by atoms with E-state index < -0.39 is 25.8 Å². The average molecular weight is 311 g/mol. The number of nitrogens with one attached hydrogen (secondary N) is 1. The number of para-hydroxylation sites is 1. The molecule has 1 aromatic carbocycles. The number of sulfone groups is 1. The minimum atomic E-state index is -5.40. The van der Waals surface area contributed by atoms with Gasteiger partial charge in [-0.05, 0) is 26.0 Å². The third-order valence-corrected chi connectivity index (χ3v) is 4.00. The second kappa shape index (κ2) is 5.61. The molecular weight excluding hydrogens is 295 g/mol. The van der Waals surface area contributed by atoms with Crippen LogP contribution in [0.25, 0.3) is 0 Å². The summed E-state index contributed by atoms with van der Waals surface area (Å²) in [6.07, 6.45) is 0. The Balaban J connectivity index is 3.26. The normalized spacial score (nSPS) is 13.3. The van der Waals surface area contributed by atoms with E-state index in [2.05, 4.69) is 5.32 Å². The second-order valence-corrected chi connectivity index (χ2v) is 6.80. The van der Waals surface area contributed by atoms with E-state index in [1.165, 1.54) is 25.3 Å². The monoisotopic (exact) mass is 311 g/mol. The molecule has 1 aromatic rings. The largest absolute Gasteiger partial charge is 0.501 e. The summed E-state index contributed by atoms with van der Waals surface area (Å²) in [4.78, 5) is -0.795. The van der Waals surface area contributed by atoms with Crippen molar-refractivity contribution in [1.82, 2.24) is 0 Å². The third kappa shape index (κ3) is 3.63. The van der Waals surface area contributed by atoms with Crippen LogP contribution < -0.4 is 5.32 Å². The molecule has 0 aromatic heterocycles. The molecule has 0 spiro atoms. The summed E-state index contributed by atoms with van der Waals surface area (Å²) in [6, 6.07) is 4.91. The van der Waals surface area contributed by atoms with E-state index in [1.54, 1.807) is 13.8 Å². The molecule has 0 saturated heterocycles. The molecule has 1 N–H and O–H groups in total. The Morgan fingerprint density at radius 3 is 2.25 bits per heavy atom. The van der Waals surface area contributed by atoms with Crippen LogP contribution in [-0.4, -0.2) is 33.2 Å². The van der Waals surface area contributed by atoms with Gasteiger partial charge in [-0.25, -0.2) is 8.42 Å². The van der Waals surface area contributed by atoms with Crippen LogP contribution in [0, 0.1) is 0 Å². The molecule has 0 fully saturated rings. The molecular formula is C12H16F3NO3S. The van der Waals surface area contributed by atoms with Crippen LogP contribution in [0.15, 0.2) is 29.2 Å². The average Bonchev–Trinajstić information content (AvgIpc) is 2.27. The van der Waals surface area contributed by atoms with Gasteiger partial charge in [-0.2, -0.15) is 13.2 Å². The van der Waals surface area contributed by atoms with Gasteiger partial charge >= 0.3 is 5.51 Å². The molecule has 0 unspecified atom stereocenters. The highest BCUT2D eigenvalue weighted by atomic mass is 32.2. The molecule has 0 aliphatic heterocycles. The van der Waals surface area contributed by atoms with E-state index in [4.69, 9.17) is 4.74 Å². The fourth-order valence-corrected chi connectivity index (χ4v) is 2.61. The molecule has 0 atom stereocenters. The zero-order chi connectivity index (χ0) is 15.6. The van der Waals surface area contributed by atoms with Crippen molar-refractivity contribution in [1.29, 1.82) is 0 Å². The van der Waals surface area contributed by atoms with Gasteiger partial charge in [0.1, 0.15) is 0 Å². The summed E-state index contributed by atoms with van der Waals surface area (Å²) in [5, 5.41) is 2.76. The van der Waals surface area contributed by atoms with Crippen molar-refractivity contribution in [3.05, 3.63) is 24.3 Å². The molecule has 20 heavy (non-hydrogen) atoms. The van der Waals surface area contributed by atoms with Crippen molar-refractivity contribution >= 4 is 15.5 Å². The van der Waals surface area contributed by atoms with Crippen LogP contribution >= 0.6 is 0 Å². The first-order valence-corrected chi connectivity index (χ1v) is 7.17. The highest BCUT2D eigenvalue weighted by Gasteiger charge is 2.48. The standard InChI is InChI=1S/C12H16F3NO3S/c1-11(2,8-19-3)16-9-6-4-5-7-10(9)20(17,18)12(13,14)15/h4-7,16H,8H2,1-3H3. The van der Waals surface area contributed by atoms with Gasteiger partial charge in [-0.15, -0.1) is 0 Å². The Hall–Kier alpha value is -1.28. The maximum atomic E-state index is 12.6. The number of benzene rings is 1. The molecule has 0 bridgehead atoms. The van der Waals surface area contributed by atoms with Crippen LogP contribution in [0.5, 0.6) is 0 Å². The smallest absolute Gasteiger partial charge is 0.382 e. The lowest BCUT2D eigenvalue weighted by molar-refractivity contribution is -0.0435. The summed E-state index contributed by atoms with van der Waals surface area (Å²) >= 11 is 0. The number of ether oxygens (including phenoxy) is 1. The van der Waals surface area contributed by atoms with Crippen molar-refractivity contribution in [2.24, 2.45) is 0 Å². The highest BCUT2D eigenvalue weighted by molar-refractivity contribution is 7.92. The number of rotatable bonds is 5. The van der Waals surface area contributed by atoms with E-state index >= 15 is 0 Å². The van der Waals surface area contributed by atoms with Gasteiger partial charge in [-0.1, -0.05) is 12.1 Å². The van der Waals surface area contributed by atoms with E-state index in [-0.39, 0.29) is 12.3 Å². The first-order valence-electron chi connectivity index (χ1n) is 5.69. The molecule has 1 rings (SSSR count). The van der Waals surface area contributed by atoms with Gasteiger partial charge in [0.25, 0.3) is 9.84 Å². The minimum Gasteiger partial charge on any atom is -0.382 e. The zero-order valence-electron chi connectivity index (χ0n) is 11.3. The van der Waals surface area contributed by atoms with E-state index in [9.17, 15) is 21.6 Å². The Labute approximate surface area is 115 Å². The lowest BCUT2D eigenvalue weighted by atomic mass is 10.1. The van der Waals surface area contributed by atoms with Gasteiger partial charge in [0, 0.05) is 7.11 Å². The van der Waals surface area contributed by atoms with Gasteiger partial charge < -0.3 is 10.1 Å². The summed E-state index contributed by atoms with van der Waals surface area (Å²) in [6.45, 7) is 3.58. The van der Waals surface area contributed by atoms with Crippen molar-refractivity contribution in [3.8, 4) is 0 Å². The van der Waals surface area contributed by atoms with Crippen molar-refractivity contribution in [2.45, 2.75) is 29.8 Å². The first kappa shape index (κ1) is 16.8. The van der Waals surface area contributed by atoms with Crippen LogP contribution in [0.1, 0.15) is 13.8 Å². The number of anilines is 1. The maximum absolute atomic E-state index is 12.6. The second-order valence-electron chi connectivity index (χ2n) is 4.89. The lowest BCUT2D eigenvalue weighted by Gasteiger charge is -2.28. The predicted octanol–water partition coefficient (Wildman–Crippen LogP) is 2.82. The van der Waals surface area contributed by atoms with Crippen LogP contribution in [0.3, 0.4) is 0 Å². The highest BCUT2D eigenvalue weighted by Crippen LogP contribution is 2.35. The summed E-state index contributed by atoms with van der Waals surface area (Å²) in [5.74, 6) is 0. The minimum absolute atomic E-state index is 0.105. The molecule has 0 amide bonds. The van der Waals surface area contributed by atoms with Gasteiger partial charge in [0.05, 0.1) is 22.7 Å². The Morgan fingerprint density at radius 1 is 1.20 bits per heavy atom. The quantitative estimate of drug-likeness (QED) is 0.908. The topological polar surface area (TPSA) is 55.4 Å². The van der Waals surface area contributed by atoms with Gasteiger partial charge in [0.2, 0.25) is 0 Å². The fraction of sp³-hybridized carbons (Fsp3) is 0.500. The third-order valence-electron chi connectivity index (χ3n) is 2.46. The Bertz CT molecular complexity index is 568. The van der Waals surface area contributed by atoms with Crippen molar-refractivity contribution in [2.75, 3.05) is 19.0 Å². The molecule has 8 heteroatoms. The molecule has 4 nitrogen and oxygen atoms in total. The number of halogens is 3. The van der Waals surface area contributed by atoms with Crippen molar-refractivity contribution < 1.29 is 26.3 Å². The summed E-state index contributed by atoms with van der Waals surface area (Å²) in [5.41, 5.74) is -6.16.